The van der Waals surface area contributed by atoms with Gasteiger partial charge in [0.25, 0.3) is 0 Å². The Labute approximate surface area is 214 Å². The number of H-pyrrole nitrogens is 1. The van der Waals surface area contributed by atoms with Crippen molar-refractivity contribution < 1.29 is 9.59 Å². The number of anilines is 1. The Morgan fingerprint density at radius 3 is 2.86 bits per heavy atom. The van der Waals surface area contributed by atoms with Gasteiger partial charge in [-0.05, 0) is 56.6 Å². The number of amides is 2. The zero-order valence-corrected chi connectivity index (χ0v) is 20.6. The Morgan fingerprint density at radius 2 is 2.03 bits per heavy atom. The van der Waals surface area contributed by atoms with Crippen LogP contribution in [0, 0.1) is 11.8 Å². The number of hydrogen-bond donors (Lipinski definition) is 4. The number of carbonyl (C=O) groups is 2. The maximum absolute atomic E-state index is 12.9. The zero-order valence-electron chi connectivity index (χ0n) is 19.9. The molecule has 0 spiro atoms. The predicted octanol–water partition coefficient (Wildman–Crippen LogP) is 4.20. The number of benzene rings is 1. The monoisotopic (exact) mass is 504 g/mol. The van der Waals surface area contributed by atoms with Crippen LogP contribution in [-0.2, 0) is 9.59 Å². The first-order valence-corrected chi connectivity index (χ1v) is 12.9. The molecule has 5 unspecified atom stereocenters. The number of rotatable bonds is 7. The van der Waals surface area contributed by atoms with Gasteiger partial charge in [0.15, 0.2) is 0 Å². The Bertz CT molecular complexity index is 1360. The third-order valence-corrected chi connectivity index (χ3v) is 8.32. The Hall–Kier alpha value is -3.39. The van der Waals surface area contributed by atoms with Gasteiger partial charge in [-0.15, -0.1) is 0 Å². The van der Waals surface area contributed by atoms with Crippen LogP contribution in [-0.4, -0.2) is 44.4 Å². The highest BCUT2D eigenvalue weighted by atomic mass is 35.5. The van der Waals surface area contributed by atoms with Crippen molar-refractivity contribution in [2.24, 2.45) is 11.8 Å². The molecule has 0 saturated heterocycles. The molecule has 9 heteroatoms. The minimum Gasteiger partial charge on any atom is -0.360 e. The molecule has 4 N–H and O–H groups in total. The van der Waals surface area contributed by atoms with Crippen LogP contribution < -0.4 is 16.0 Å². The first-order valence-electron chi connectivity index (χ1n) is 12.6. The normalized spacial score (nSPS) is 28.5. The summed E-state index contributed by atoms with van der Waals surface area (Å²) in [5.74, 6) is 0.730. The molecule has 2 aromatic heterocycles. The quantitative estimate of drug-likeness (QED) is 0.360. The minimum atomic E-state index is -0.168. The average molecular weight is 505 g/mol. The lowest BCUT2D eigenvalue weighted by molar-refractivity contribution is -0.131. The van der Waals surface area contributed by atoms with Crippen molar-refractivity contribution in [2.75, 3.05) is 5.32 Å². The van der Waals surface area contributed by atoms with Crippen molar-refractivity contribution in [1.82, 2.24) is 25.6 Å². The van der Waals surface area contributed by atoms with Gasteiger partial charge in [0, 0.05) is 46.2 Å². The van der Waals surface area contributed by atoms with E-state index in [0.717, 1.165) is 48.6 Å². The molecule has 5 atom stereocenters. The molecule has 8 nitrogen and oxygen atoms in total. The van der Waals surface area contributed by atoms with Crippen LogP contribution in [0.5, 0.6) is 0 Å². The van der Waals surface area contributed by atoms with Crippen molar-refractivity contribution in [3.63, 3.8) is 0 Å². The molecular weight excluding hydrogens is 476 g/mol. The summed E-state index contributed by atoms with van der Waals surface area (Å²) in [7, 11) is 0. The SMILES string of the molecule is C=CC(=O)NC12CC(C(=O)NC3CCCC(Nc4ncc(Cl)c(-c5c[nH]c6ccccc56)n4)C3)C1C2. The highest BCUT2D eigenvalue weighted by Gasteiger charge is 2.69. The molecule has 1 aromatic carbocycles. The fourth-order valence-corrected chi connectivity index (χ4v) is 6.26. The second-order valence-corrected chi connectivity index (χ2v) is 10.7. The minimum absolute atomic E-state index is 0.0122. The lowest BCUT2D eigenvalue weighted by Gasteiger charge is -2.36. The van der Waals surface area contributed by atoms with E-state index in [9.17, 15) is 9.59 Å². The molecule has 3 fully saturated rings. The lowest BCUT2D eigenvalue weighted by atomic mass is 9.79. The molecule has 2 amide bonds. The zero-order chi connectivity index (χ0) is 24.9. The van der Waals surface area contributed by atoms with Crippen molar-refractivity contribution in [1.29, 1.82) is 0 Å². The van der Waals surface area contributed by atoms with Crippen LogP contribution in [0.4, 0.5) is 5.95 Å². The van der Waals surface area contributed by atoms with Crippen LogP contribution in [0.25, 0.3) is 22.2 Å². The van der Waals surface area contributed by atoms with Gasteiger partial charge in [-0.3, -0.25) is 9.59 Å². The molecule has 6 rings (SSSR count). The molecule has 3 aromatic rings. The summed E-state index contributed by atoms with van der Waals surface area (Å²) in [5, 5.41) is 11.3. The highest BCUT2D eigenvalue weighted by molar-refractivity contribution is 6.33. The summed E-state index contributed by atoms with van der Waals surface area (Å²) in [4.78, 5) is 37.0. The van der Waals surface area contributed by atoms with E-state index in [2.05, 4.69) is 32.5 Å². The second-order valence-electron chi connectivity index (χ2n) is 10.3. The van der Waals surface area contributed by atoms with Crippen molar-refractivity contribution in [3.05, 3.63) is 54.3 Å². The van der Waals surface area contributed by atoms with Gasteiger partial charge in [0.05, 0.1) is 16.9 Å². The fraction of sp³-hybridized carbons (Fsp3) is 0.407. The first kappa shape index (κ1) is 23.0. The van der Waals surface area contributed by atoms with E-state index in [1.807, 2.05) is 30.5 Å². The molecule has 36 heavy (non-hydrogen) atoms. The summed E-state index contributed by atoms with van der Waals surface area (Å²) >= 11 is 6.48. The number of nitrogens with one attached hydrogen (secondary N) is 4. The van der Waals surface area contributed by atoms with Crippen LogP contribution in [0.15, 0.2) is 49.3 Å². The number of para-hydroxylation sites is 1. The summed E-state index contributed by atoms with van der Waals surface area (Å²) < 4.78 is 0. The van der Waals surface area contributed by atoms with Gasteiger partial charge in [-0.1, -0.05) is 36.4 Å². The summed E-state index contributed by atoms with van der Waals surface area (Å²) in [6.07, 6.45) is 10.2. The molecule has 2 heterocycles. The second kappa shape index (κ2) is 8.92. The van der Waals surface area contributed by atoms with Crippen molar-refractivity contribution in [3.8, 4) is 11.3 Å². The van der Waals surface area contributed by atoms with E-state index in [1.54, 1.807) is 6.20 Å². The van der Waals surface area contributed by atoms with Crippen molar-refractivity contribution >= 4 is 40.3 Å². The van der Waals surface area contributed by atoms with Gasteiger partial charge in [0.2, 0.25) is 17.8 Å². The standard InChI is InChI=1S/C27H29ClN6O2/c1-2-23(35)34-27-11-18(20(27)12-27)25(36)31-15-6-5-7-16(10-15)32-26-30-14-21(28)24(33-26)19-13-29-22-9-4-3-8-17(19)22/h2-4,8-9,13-16,18,20,29H,1,5-7,10-12H2,(H,31,36)(H,34,35)(H,30,32,33). The molecule has 0 radical (unpaired) electrons. The maximum atomic E-state index is 12.9. The van der Waals surface area contributed by atoms with Gasteiger partial charge < -0.3 is 20.9 Å². The van der Waals surface area contributed by atoms with Crippen LogP contribution in [0.2, 0.25) is 5.02 Å². The maximum Gasteiger partial charge on any atom is 0.243 e. The van der Waals surface area contributed by atoms with Gasteiger partial charge in [-0.25, -0.2) is 9.97 Å². The molecule has 3 aliphatic carbocycles. The van der Waals surface area contributed by atoms with E-state index >= 15 is 0 Å². The predicted molar refractivity (Wildman–Crippen MR) is 139 cm³/mol. The van der Waals surface area contributed by atoms with Crippen LogP contribution in [0.1, 0.15) is 38.5 Å². The summed E-state index contributed by atoms with van der Waals surface area (Å²) in [5.41, 5.74) is 2.49. The molecule has 0 aliphatic heterocycles. The molecule has 3 saturated carbocycles. The number of carbonyl (C=O) groups excluding carboxylic acids is 2. The number of hydrogen-bond acceptors (Lipinski definition) is 5. The Morgan fingerprint density at radius 1 is 1.19 bits per heavy atom. The van der Waals surface area contributed by atoms with E-state index in [4.69, 9.17) is 16.6 Å². The van der Waals surface area contributed by atoms with Gasteiger partial charge >= 0.3 is 0 Å². The fourth-order valence-electron chi connectivity index (χ4n) is 6.07. The topological polar surface area (TPSA) is 112 Å². The number of fused-ring (bicyclic) bond motifs is 2. The van der Waals surface area contributed by atoms with E-state index in [1.165, 1.54) is 6.08 Å². The third-order valence-electron chi connectivity index (χ3n) is 8.04. The Kier molecular flexibility index (Phi) is 5.71. The largest absolute Gasteiger partial charge is 0.360 e. The lowest BCUT2D eigenvalue weighted by Crippen LogP contribution is -2.53. The van der Waals surface area contributed by atoms with E-state index < -0.39 is 0 Å². The van der Waals surface area contributed by atoms with Crippen LogP contribution >= 0.6 is 11.6 Å². The smallest absolute Gasteiger partial charge is 0.243 e. The summed E-state index contributed by atoms with van der Waals surface area (Å²) in [6, 6.07) is 8.32. The Balaban J connectivity index is 1.08. The van der Waals surface area contributed by atoms with Crippen LogP contribution in [0.3, 0.4) is 0 Å². The first-order chi connectivity index (χ1) is 17.5. The van der Waals surface area contributed by atoms with Gasteiger partial charge in [-0.2, -0.15) is 0 Å². The number of nitrogens with zero attached hydrogens (tertiary/aromatic N) is 2. The third kappa shape index (κ3) is 4.13. The number of aromatic nitrogens is 3. The summed E-state index contributed by atoms with van der Waals surface area (Å²) in [6.45, 7) is 3.51. The van der Waals surface area contributed by atoms with E-state index in [0.29, 0.717) is 23.1 Å². The number of aromatic amines is 1. The molecule has 3 aliphatic rings. The molecule has 186 valence electrons. The van der Waals surface area contributed by atoms with Gasteiger partial charge in [0.1, 0.15) is 0 Å². The van der Waals surface area contributed by atoms with E-state index in [-0.39, 0.29) is 41.3 Å². The van der Waals surface area contributed by atoms with Crippen molar-refractivity contribution in [2.45, 2.75) is 56.1 Å². The highest BCUT2D eigenvalue weighted by Crippen LogP contribution is 2.63. The molecule has 0 bridgehead atoms. The molecular formula is C27H29ClN6O2. The number of halogens is 1. The average Bonchev–Trinajstić information content (AvgIpc) is 3.22.